The van der Waals surface area contributed by atoms with Crippen LogP contribution in [0, 0.1) is 5.92 Å². The number of benzene rings is 2. The summed E-state index contributed by atoms with van der Waals surface area (Å²) in [6.07, 6.45) is 1.21. The highest BCUT2D eigenvalue weighted by Crippen LogP contribution is 2.46. The topological polar surface area (TPSA) is 68.9 Å². The molecule has 6 heteroatoms. The number of guanidine groups is 1. The van der Waals surface area contributed by atoms with E-state index in [-0.39, 0.29) is 24.0 Å². The number of hydrogen-bond acceptors (Lipinski definition) is 3. The molecule has 1 saturated carbocycles. The summed E-state index contributed by atoms with van der Waals surface area (Å²) in [4.78, 5) is 4.41. The highest BCUT2D eigenvalue weighted by molar-refractivity contribution is 14.0. The van der Waals surface area contributed by atoms with Gasteiger partial charge in [0.05, 0.1) is 20.8 Å². The molecule has 0 heterocycles. The van der Waals surface area contributed by atoms with E-state index in [1.165, 1.54) is 12.0 Å². The average molecular weight is 467 g/mol. The zero-order valence-electron chi connectivity index (χ0n) is 15.1. The second kappa shape index (κ2) is 9.66. The van der Waals surface area contributed by atoms with Crippen LogP contribution in [-0.2, 0) is 6.54 Å². The average Bonchev–Trinajstić information content (AvgIpc) is 3.45. The minimum absolute atomic E-state index is 0. The number of ether oxygens (including phenoxy) is 2. The Bertz CT molecular complexity index is 737. The fourth-order valence-corrected chi connectivity index (χ4v) is 3.03. The summed E-state index contributed by atoms with van der Waals surface area (Å²) in [5, 5.41) is 3.24. The van der Waals surface area contributed by atoms with Gasteiger partial charge in [0.1, 0.15) is 0 Å². The first-order valence-electron chi connectivity index (χ1n) is 8.51. The van der Waals surface area contributed by atoms with Gasteiger partial charge in [-0.1, -0.05) is 36.4 Å². The Kier molecular flexibility index (Phi) is 7.56. The predicted octanol–water partition coefficient (Wildman–Crippen LogP) is 3.53. The largest absolute Gasteiger partial charge is 0.493 e. The molecule has 3 N–H and O–H groups in total. The van der Waals surface area contributed by atoms with Gasteiger partial charge in [0.25, 0.3) is 0 Å². The molecular weight excluding hydrogens is 441 g/mol. The molecule has 26 heavy (non-hydrogen) atoms. The molecule has 0 radical (unpaired) electrons. The fourth-order valence-electron chi connectivity index (χ4n) is 3.03. The summed E-state index contributed by atoms with van der Waals surface area (Å²) >= 11 is 0. The van der Waals surface area contributed by atoms with Crippen LogP contribution >= 0.6 is 24.0 Å². The molecule has 1 fully saturated rings. The number of halogens is 1. The second-order valence-electron chi connectivity index (χ2n) is 6.28. The van der Waals surface area contributed by atoms with E-state index in [0.29, 0.717) is 35.8 Å². The number of nitrogens with one attached hydrogen (secondary N) is 1. The number of methoxy groups -OCH3 is 2. The number of nitrogens with zero attached hydrogens (tertiary/aromatic N) is 1. The van der Waals surface area contributed by atoms with Crippen molar-refractivity contribution in [2.75, 3.05) is 20.8 Å². The smallest absolute Gasteiger partial charge is 0.188 e. The van der Waals surface area contributed by atoms with Gasteiger partial charge >= 0.3 is 0 Å². The first kappa shape index (κ1) is 20.4. The summed E-state index contributed by atoms with van der Waals surface area (Å²) in [6, 6.07) is 16.4. The zero-order chi connectivity index (χ0) is 17.6. The van der Waals surface area contributed by atoms with Crippen LogP contribution in [0.25, 0.3) is 0 Å². The number of rotatable bonds is 7. The lowest BCUT2D eigenvalue weighted by Crippen LogP contribution is -2.33. The molecule has 140 valence electrons. The maximum absolute atomic E-state index is 5.99. The molecular formula is C20H26IN3O2. The normalized spacial score (nSPS) is 18.6. The Morgan fingerprint density at radius 1 is 1.12 bits per heavy atom. The molecule has 2 atom stereocenters. The quantitative estimate of drug-likeness (QED) is 0.372. The molecule has 5 nitrogen and oxygen atoms in total. The van der Waals surface area contributed by atoms with Crippen LogP contribution in [0.2, 0.25) is 0 Å². The van der Waals surface area contributed by atoms with Gasteiger partial charge in [-0.25, -0.2) is 4.99 Å². The summed E-state index contributed by atoms with van der Waals surface area (Å²) in [5.41, 5.74) is 8.43. The second-order valence-corrected chi connectivity index (χ2v) is 6.28. The molecule has 0 amide bonds. The molecule has 2 aromatic carbocycles. The van der Waals surface area contributed by atoms with Gasteiger partial charge in [0, 0.05) is 6.54 Å². The van der Waals surface area contributed by atoms with E-state index in [1.54, 1.807) is 14.2 Å². The predicted molar refractivity (Wildman–Crippen MR) is 116 cm³/mol. The molecule has 1 aliphatic rings. The van der Waals surface area contributed by atoms with Crippen molar-refractivity contribution < 1.29 is 9.47 Å². The Morgan fingerprint density at radius 3 is 2.54 bits per heavy atom. The van der Waals surface area contributed by atoms with Crippen LogP contribution in [-0.4, -0.2) is 26.7 Å². The molecule has 2 aromatic rings. The molecule has 3 rings (SSSR count). The van der Waals surface area contributed by atoms with Crippen molar-refractivity contribution in [3.8, 4) is 11.5 Å². The molecule has 0 saturated heterocycles. The van der Waals surface area contributed by atoms with E-state index in [1.807, 2.05) is 18.2 Å². The Morgan fingerprint density at radius 2 is 1.85 bits per heavy atom. The molecule has 0 aromatic heterocycles. The standard InChI is InChI=1S/C20H25N3O2.HI/c1-24-18-9-8-14(10-19(18)25-2)12-22-20(21)23-13-16-11-17(16)15-6-4-3-5-7-15;/h3-10,16-17H,11-13H2,1-2H3,(H3,21,22,23);1H. The van der Waals surface area contributed by atoms with Crippen molar-refractivity contribution in [3.05, 3.63) is 59.7 Å². The van der Waals surface area contributed by atoms with Crippen LogP contribution in [0.1, 0.15) is 23.5 Å². The van der Waals surface area contributed by atoms with E-state index in [2.05, 4.69) is 40.6 Å². The van der Waals surface area contributed by atoms with Crippen molar-refractivity contribution in [2.45, 2.75) is 18.9 Å². The van der Waals surface area contributed by atoms with E-state index < -0.39 is 0 Å². The third-order valence-electron chi connectivity index (χ3n) is 4.58. The molecule has 1 aliphatic carbocycles. The van der Waals surface area contributed by atoms with Crippen LogP contribution in [0.15, 0.2) is 53.5 Å². The maximum Gasteiger partial charge on any atom is 0.188 e. The highest BCUT2D eigenvalue weighted by Gasteiger charge is 2.37. The lowest BCUT2D eigenvalue weighted by atomic mass is 10.1. The van der Waals surface area contributed by atoms with E-state index in [0.717, 1.165) is 12.1 Å². The Labute approximate surface area is 172 Å². The number of aliphatic imine (C=N–C) groups is 1. The van der Waals surface area contributed by atoms with E-state index >= 15 is 0 Å². The fraction of sp³-hybridized carbons (Fsp3) is 0.350. The third kappa shape index (κ3) is 5.27. The molecule has 0 spiro atoms. The van der Waals surface area contributed by atoms with Gasteiger partial charge in [-0.05, 0) is 41.5 Å². The van der Waals surface area contributed by atoms with Crippen LogP contribution in [0.5, 0.6) is 11.5 Å². The summed E-state index contributed by atoms with van der Waals surface area (Å²) in [7, 11) is 3.25. The first-order valence-corrected chi connectivity index (χ1v) is 8.51. The summed E-state index contributed by atoms with van der Waals surface area (Å²) < 4.78 is 10.5. The lowest BCUT2D eigenvalue weighted by molar-refractivity contribution is 0.354. The van der Waals surface area contributed by atoms with Crippen molar-refractivity contribution in [1.29, 1.82) is 0 Å². The first-order chi connectivity index (χ1) is 12.2. The third-order valence-corrected chi connectivity index (χ3v) is 4.58. The number of hydrogen-bond donors (Lipinski definition) is 2. The summed E-state index contributed by atoms with van der Waals surface area (Å²) in [5.74, 6) is 3.17. The summed E-state index contributed by atoms with van der Waals surface area (Å²) in [6.45, 7) is 1.37. The molecule has 0 bridgehead atoms. The minimum atomic E-state index is 0. The van der Waals surface area contributed by atoms with Gasteiger partial charge in [-0.3, -0.25) is 0 Å². The Hall–Kier alpha value is -1.96. The van der Waals surface area contributed by atoms with Gasteiger partial charge in [-0.15, -0.1) is 24.0 Å². The van der Waals surface area contributed by atoms with Gasteiger partial charge in [-0.2, -0.15) is 0 Å². The zero-order valence-corrected chi connectivity index (χ0v) is 17.5. The number of nitrogens with two attached hydrogens (primary N) is 1. The van der Waals surface area contributed by atoms with Crippen molar-refractivity contribution in [1.82, 2.24) is 5.32 Å². The van der Waals surface area contributed by atoms with E-state index in [9.17, 15) is 0 Å². The molecule has 2 unspecified atom stereocenters. The van der Waals surface area contributed by atoms with Crippen molar-refractivity contribution in [2.24, 2.45) is 16.6 Å². The van der Waals surface area contributed by atoms with Crippen molar-refractivity contribution >= 4 is 29.9 Å². The maximum atomic E-state index is 5.99. The Balaban J connectivity index is 0.00000243. The van der Waals surface area contributed by atoms with Crippen LogP contribution in [0.4, 0.5) is 0 Å². The highest BCUT2D eigenvalue weighted by atomic mass is 127. The van der Waals surface area contributed by atoms with Crippen molar-refractivity contribution in [3.63, 3.8) is 0 Å². The van der Waals surface area contributed by atoms with Crippen LogP contribution in [0.3, 0.4) is 0 Å². The van der Waals surface area contributed by atoms with Gasteiger partial charge < -0.3 is 20.5 Å². The van der Waals surface area contributed by atoms with Gasteiger partial charge in [0.2, 0.25) is 0 Å². The van der Waals surface area contributed by atoms with Crippen LogP contribution < -0.4 is 20.5 Å². The molecule has 0 aliphatic heterocycles. The SMILES string of the molecule is COc1ccc(CN=C(N)NCC2CC2c2ccccc2)cc1OC.I. The van der Waals surface area contributed by atoms with E-state index in [4.69, 9.17) is 15.2 Å². The monoisotopic (exact) mass is 467 g/mol. The lowest BCUT2D eigenvalue weighted by Gasteiger charge is -2.09. The van der Waals surface area contributed by atoms with Gasteiger partial charge in [0.15, 0.2) is 17.5 Å². The minimum Gasteiger partial charge on any atom is -0.493 e.